The molecule has 1 aromatic rings. The van der Waals surface area contributed by atoms with Crippen molar-refractivity contribution in [3.05, 3.63) is 35.9 Å². The molecule has 2 amide bonds. The standard InChI is InChI=1S/C18H25N3O2/c1-2-8-21-17(22)13-16(18(21)23)20-11-9-19(10-12-20)14-15-6-4-3-5-7-15/h3-7,16H,2,8-14H2,1H3/t16-/m1/s1. The summed E-state index contributed by atoms with van der Waals surface area (Å²) in [4.78, 5) is 30.5. The molecule has 0 aliphatic carbocycles. The zero-order chi connectivity index (χ0) is 16.2. The second-order valence-electron chi connectivity index (χ2n) is 6.40. The molecule has 2 aliphatic heterocycles. The van der Waals surface area contributed by atoms with Gasteiger partial charge in [0.1, 0.15) is 0 Å². The van der Waals surface area contributed by atoms with E-state index in [2.05, 4.69) is 34.1 Å². The lowest BCUT2D eigenvalue weighted by atomic mass is 10.1. The number of amides is 2. The number of piperazine rings is 1. The van der Waals surface area contributed by atoms with Gasteiger partial charge in [-0.25, -0.2) is 0 Å². The van der Waals surface area contributed by atoms with Crippen LogP contribution >= 0.6 is 0 Å². The van der Waals surface area contributed by atoms with Gasteiger partial charge in [0.05, 0.1) is 12.5 Å². The molecule has 0 unspecified atom stereocenters. The first-order valence-electron chi connectivity index (χ1n) is 8.53. The summed E-state index contributed by atoms with van der Waals surface area (Å²) in [7, 11) is 0. The third-order valence-electron chi connectivity index (χ3n) is 4.76. The van der Waals surface area contributed by atoms with Crippen LogP contribution in [0.15, 0.2) is 30.3 Å². The zero-order valence-corrected chi connectivity index (χ0v) is 13.8. The monoisotopic (exact) mass is 315 g/mol. The van der Waals surface area contributed by atoms with Gasteiger partial charge in [0, 0.05) is 39.3 Å². The SMILES string of the molecule is CCCN1C(=O)C[C@@H](N2CCN(Cc3ccccc3)CC2)C1=O. The van der Waals surface area contributed by atoms with Gasteiger partial charge in [-0.2, -0.15) is 0 Å². The molecule has 2 heterocycles. The van der Waals surface area contributed by atoms with E-state index in [-0.39, 0.29) is 17.9 Å². The van der Waals surface area contributed by atoms with Crippen molar-refractivity contribution < 1.29 is 9.59 Å². The van der Waals surface area contributed by atoms with E-state index in [9.17, 15) is 9.59 Å². The van der Waals surface area contributed by atoms with Crippen LogP contribution in [0.2, 0.25) is 0 Å². The number of carbonyl (C=O) groups excluding carboxylic acids is 2. The van der Waals surface area contributed by atoms with Gasteiger partial charge in [0.15, 0.2) is 0 Å². The highest BCUT2D eigenvalue weighted by atomic mass is 16.2. The van der Waals surface area contributed by atoms with E-state index in [1.807, 2.05) is 13.0 Å². The molecule has 2 aliphatic rings. The van der Waals surface area contributed by atoms with Gasteiger partial charge in [-0.05, 0) is 12.0 Å². The predicted octanol–water partition coefficient (Wildman–Crippen LogP) is 1.34. The van der Waals surface area contributed by atoms with E-state index in [1.54, 1.807) is 0 Å². The fraction of sp³-hybridized carbons (Fsp3) is 0.556. The summed E-state index contributed by atoms with van der Waals surface area (Å²) in [6, 6.07) is 10.2. The smallest absolute Gasteiger partial charge is 0.247 e. The van der Waals surface area contributed by atoms with Crippen LogP contribution in [0.3, 0.4) is 0 Å². The molecule has 3 rings (SSSR count). The summed E-state index contributed by atoms with van der Waals surface area (Å²) in [5, 5.41) is 0. The molecule has 124 valence electrons. The normalized spacial score (nSPS) is 23.7. The van der Waals surface area contributed by atoms with Crippen LogP contribution in [0.1, 0.15) is 25.3 Å². The highest BCUT2D eigenvalue weighted by Crippen LogP contribution is 2.21. The Labute approximate surface area is 137 Å². The lowest BCUT2D eigenvalue weighted by molar-refractivity contribution is -0.140. The number of carbonyl (C=O) groups is 2. The molecule has 0 bridgehead atoms. The van der Waals surface area contributed by atoms with Gasteiger partial charge in [-0.15, -0.1) is 0 Å². The Morgan fingerprint density at radius 3 is 2.39 bits per heavy atom. The zero-order valence-electron chi connectivity index (χ0n) is 13.8. The molecule has 1 atom stereocenters. The number of hydrogen-bond donors (Lipinski definition) is 0. The molecule has 0 radical (unpaired) electrons. The topological polar surface area (TPSA) is 43.9 Å². The molecule has 0 saturated carbocycles. The number of likely N-dealkylation sites (tertiary alicyclic amines) is 1. The van der Waals surface area contributed by atoms with Crippen LogP contribution in [0.25, 0.3) is 0 Å². The molecule has 0 aromatic heterocycles. The van der Waals surface area contributed by atoms with Crippen molar-refractivity contribution in [3.63, 3.8) is 0 Å². The van der Waals surface area contributed by atoms with Crippen molar-refractivity contribution in [1.29, 1.82) is 0 Å². The summed E-state index contributed by atoms with van der Waals surface area (Å²) in [6.07, 6.45) is 1.19. The minimum Gasteiger partial charge on any atom is -0.297 e. The quantitative estimate of drug-likeness (QED) is 0.769. The highest BCUT2D eigenvalue weighted by molar-refractivity contribution is 6.05. The Hall–Kier alpha value is -1.72. The van der Waals surface area contributed by atoms with E-state index in [0.717, 1.165) is 39.1 Å². The van der Waals surface area contributed by atoms with Gasteiger partial charge in [0.2, 0.25) is 11.8 Å². The van der Waals surface area contributed by atoms with Crippen LogP contribution in [-0.2, 0) is 16.1 Å². The van der Waals surface area contributed by atoms with E-state index in [0.29, 0.717) is 13.0 Å². The summed E-state index contributed by atoms with van der Waals surface area (Å²) >= 11 is 0. The molecule has 2 fully saturated rings. The van der Waals surface area contributed by atoms with E-state index in [1.165, 1.54) is 10.5 Å². The Morgan fingerprint density at radius 2 is 1.74 bits per heavy atom. The second-order valence-corrected chi connectivity index (χ2v) is 6.40. The third-order valence-corrected chi connectivity index (χ3v) is 4.76. The second kappa shape index (κ2) is 7.23. The van der Waals surface area contributed by atoms with Gasteiger partial charge in [-0.1, -0.05) is 37.3 Å². The van der Waals surface area contributed by atoms with E-state index in [4.69, 9.17) is 0 Å². The molecule has 5 nitrogen and oxygen atoms in total. The highest BCUT2D eigenvalue weighted by Gasteiger charge is 2.41. The number of imide groups is 1. The number of benzene rings is 1. The summed E-state index contributed by atoms with van der Waals surface area (Å²) in [5.41, 5.74) is 1.32. The van der Waals surface area contributed by atoms with E-state index >= 15 is 0 Å². The van der Waals surface area contributed by atoms with Crippen molar-refractivity contribution >= 4 is 11.8 Å². The Morgan fingerprint density at radius 1 is 1.04 bits per heavy atom. The first-order chi connectivity index (χ1) is 11.2. The lowest BCUT2D eigenvalue weighted by Gasteiger charge is -2.37. The Kier molecular flexibility index (Phi) is 5.08. The fourth-order valence-corrected chi connectivity index (χ4v) is 3.48. The average Bonchev–Trinajstić information content (AvgIpc) is 2.85. The van der Waals surface area contributed by atoms with Crippen LogP contribution in [0.5, 0.6) is 0 Å². The maximum absolute atomic E-state index is 12.4. The molecule has 1 aromatic carbocycles. The van der Waals surface area contributed by atoms with Gasteiger partial charge in [-0.3, -0.25) is 24.3 Å². The summed E-state index contributed by atoms with van der Waals surface area (Å²) in [6.45, 7) is 7.11. The fourth-order valence-electron chi connectivity index (χ4n) is 3.48. The van der Waals surface area contributed by atoms with Crippen LogP contribution in [0, 0.1) is 0 Å². The van der Waals surface area contributed by atoms with Gasteiger partial charge in [0.25, 0.3) is 0 Å². The van der Waals surface area contributed by atoms with Gasteiger partial charge >= 0.3 is 0 Å². The van der Waals surface area contributed by atoms with Crippen molar-refractivity contribution in [2.45, 2.75) is 32.4 Å². The lowest BCUT2D eigenvalue weighted by Crippen LogP contribution is -2.52. The minimum atomic E-state index is -0.229. The summed E-state index contributed by atoms with van der Waals surface area (Å²) < 4.78 is 0. The van der Waals surface area contributed by atoms with Crippen LogP contribution < -0.4 is 0 Å². The molecule has 23 heavy (non-hydrogen) atoms. The molecule has 0 N–H and O–H groups in total. The van der Waals surface area contributed by atoms with Crippen LogP contribution in [0.4, 0.5) is 0 Å². The third kappa shape index (κ3) is 3.62. The maximum atomic E-state index is 12.4. The maximum Gasteiger partial charge on any atom is 0.247 e. The minimum absolute atomic E-state index is 0.00596. The number of hydrogen-bond acceptors (Lipinski definition) is 4. The van der Waals surface area contributed by atoms with Crippen molar-refractivity contribution in [1.82, 2.24) is 14.7 Å². The number of nitrogens with zero attached hydrogens (tertiary/aromatic N) is 3. The predicted molar refractivity (Wildman–Crippen MR) is 88.7 cm³/mol. The Bertz CT molecular complexity index is 553. The summed E-state index contributed by atoms with van der Waals surface area (Å²) in [5.74, 6) is 0.00178. The first-order valence-corrected chi connectivity index (χ1v) is 8.53. The van der Waals surface area contributed by atoms with Crippen molar-refractivity contribution in [2.24, 2.45) is 0 Å². The first kappa shape index (κ1) is 16.1. The molecular weight excluding hydrogens is 290 g/mol. The van der Waals surface area contributed by atoms with Crippen LogP contribution in [-0.4, -0.2) is 65.3 Å². The largest absolute Gasteiger partial charge is 0.297 e. The van der Waals surface area contributed by atoms with Crippen molar-refractivity contribution in [3.8, 4) is 0 Å². The average molecular weight is 315 g/mol. The molecular formula is C18H25N3O2. The van der Waals surface area contributed by atoms with Gasteiger partial charge < -0.3 is 0 Å². The van der Waals surface area contributed by atoms with E-state index < -0.39 is 0 Å². The molecule has 0 spiro atoms. The molecule has 5 heteroatoms. The van der Waals surface area contributed by atoms with Crippen molar-refractivity contribution in [2.75, 3.05) is 32.7 Å². The number of rotatable bonds is 5. The molecule has 2 saturated heterocycles. The Balaban J connectivity index is 1.53.